The summed E-state index contributed by atoms with van der Waals surface area (Å²) in [5, 5.41) is 2.85. The highest BCUT2D eigenvalue weighted by atomic mass is 79.9. The molecule has 2 amide bonds. The van der Waals surface area contributed by atoms with Crippen LogP contribution in [0.3, 0.4) is 0 Å². The van der Waals surface area contributed by atoms with E-state index >= 15 is 0 Å². The first-order valence-electron chi connectivity index (χ1n) is 8.38. The van der Waals surface area contributed by atoms with Crippen LogP contribution in [0.4, 0.5) is 4.79 Å². The van der Waals surface area contributed by atoms with E-state index in [9.17, 15) is 4.79 Å². The van der Waals surface area contributed by atoms with Gasteiger partial charge in [-0.1, -0.05) is 28.1 Å². The number of nitrogens with one attached hydrogen (secondary N) is 1. The zero-order valence-electron chi connectivity index (χ0n) is 14.5. The topological polar surface area (TPSA) is 60.0 Å². The van der Waals surface area contributed by atoms with Crippen molar-refractivity contribution in [3.8, 4) is 17.2 Å². The van der Waals surface area contributed by atoms with E-state index in [0.29, 0.717) is 31.2 Å². The van der Waals surface area contributed by atoms with Crippen molar-refractivity contribution < 1.29 is 19.0 Å². The number of likely N-dealkylation sites (N-methyl/N-ethyl adjacent to an activating group) is 1. The summed E-state index contributed by atoms with van der Waals surface area (Å²) in [5.74, 6) is 2.09. The summed E-state index contributed by atoms with van der Waals surface area (Å²) in [6, 6.07) is 13.4. The molecule has 2 aromatic carbocycles. The molecule has 0 saturated carbocycles. The lowest BCUT2D eigenvalue weighted by atomic mass is 10.1. The molecule has 1 heterocycles. The standard InChI is InChI=1S/C19H21BrN2O4/c1-22(10-8-14-2-4-15(20)5-3-14)19(23)21-9-11-24-16-6-7-17-18(12-16)26-13-25-17/h2-7,12H,8-11,13H2,1H3,(H,21,23). The van der Waals surface area contributed by atoms with Crippen molar-refractivity contribution in [3.05, 3.63) is 52.5 Å². The Morgan fingerprint density at radius 3 is 2.77 bits per heavy atom. The summed E-state index contributed by atoms with van der Waals surface area (Å²) >= 11 is 3.42. The molecular formula is C19H21BrN2O4. The highest BCUT2D eigenvalue weighted by molar-refractivity contribution is 9.10. The van der Waals surface area contributed by atoms with Gasteiger partial charge in [0, 0.05) is 24.1 Å². The maximum absolute atomic E-state index is 12.1. The lowest BCUT2D eigenvalue weighted by Gasteiger charge is -2.18. The maximum Gasteiger partial charge on any atom is 0.317 e. The van der Waals surface area contributed by atoms with E-state index in [1.54, 1.807) is 18.0 Å². The molecule has 0 radical (unpaired) electrons. The van der Waals surface area contributed by atoms with Crippen molar-refractivity contribution in [3.63, 3.8) is 0 Å². The molecule has 0 atom stereocenters. The van der Waals surface area contributed by atoms with Crippen LogP contribution in [0.2, 0.25) is 0 Å². The Hall–Kier alpha value is -2.41. The van der Waals surface area contributed by atoms with Gasteiger partial charge >= 0.3 is 6.03 Å². The zero-order valence-corrected chi connectivity index (χ0v) is 16.1. The minimum Gasteiger partial charge on any atom is -0.492 e. The summed E-state index contributed by atoms with van der Waals surface area (Å²) in [5.41, 5.74) is 1.19. The smallest absolute Gasteiger partial charge is 0.317 e. The number of urea groups is 1. The number of carbonyl (C=O) groups excluding carboxylic acids is 1. The zero-order chi connectivity index (χ0) is 18.4. The Morgan fingerprint density at radius 1 is 1.19 bits per heavy atom. The molecule has 7 heteroatoms. The molecule has 0 fully saturated rings. The van der Waals surface area contributed by atoms with Crippen LogP contribution in [0.25, 0.3) is 0 Å². The first kappa shape index (κ1) is 18.4. The molecule has 1 N–H and O–H groups in total. The number of halogens is 1. The lowest BCUT2D eigenvalue weighted by Crippen LogP contribution is -2.40. The number of benzene rings is 2. The predicted molar refractivity (Wildman–Crippen MR) is 102 cm³/mol. The van der Waals surface area contributed by atoms with Gasteiger partial charge in [0.1, 0.15) is 12.4 Å². The Labute approximate surface area is 161 Å². The highest BCUT2D eigenvalue weighted by Gasteiger charge is 2.13. The Balaban J connectivity index is 1.35. The minimum atomic E-state index is -0.114. The molecule has 0 aromatic heterocycles. The van der Waals surface area contributed by atoms with Gasteiger partial charge in [0.15, 0.2) is 11.5 Å². The monoisotopic (exact) mass is 420 g/mol. The summed E-state index contributed by atoms with van der Waals surface area (Å²) in [4.78, 5) is 13.8. The van der Waals surface area contributed by atoms with Gasteiger partial charge in [-0.25, -0.2) is 4.79 Å². The third-order valence-corrected chi connectivity index (χ3v) is 4.52. The van der Waals surface area contributed by atoms with E-state index in [0.717, 1.165) is 16.6 Å². The Kier molecular flexibility index (Phi) is 6.22. The lowest BCUT2D eigenvalue weighted by molar-refractivity contribution is 0.173. The number of carbonyl (C=O) groups is 1. The molecule has 138 valence electrons. The second kappa shape index (κ2) is 8.80. The second-order valence-corrected chi connectivity index (χ2v) is 6.81. The molecule has 3 rings (SSSR count). The second-order valence-electron chi connectivity index (χ2n) is 5.89. The van der Waals surface area contributed by atoms with Crippen molar-refractivity contribution >= 4 is 22.0 Å². The number of ether oxygens (including phenoxy) is 3. The molecule has 0 spiro atoms. The predicted octanol–water partition coefficient (Wildman–Crippen LogP) is 3.44. The summed E-state index contributed by atoms with van der Waals surface area (Å²) < 4.78 is 17.2. The first-order chi connectivity index (χ1) is 12.6. The van der Waals surface area contributed by atoms with Crippen molar-refractivity contribution in [1.82, 2.24) is 10.2 Å². The van der Waals surface area contributed by atoms with Crippen molar-refractivity contribution in [2.45, 2.75) is 6.42 Å². The van der Waals surface area contributed by atoms with Crippen LogP contribution in [-0.4, -0.2) is 44.5 Å². The van der Waals surface area contributed by atoms with Gasteiger partial charge in [-0.05, 0) is 36.2 Å². The van der Waals surface area contributed by atoms with Gasteiger partial charge in [0.2, 0.25) is 6.79 Å². The Bertz CT molecular complexity index is 752. The normalized spacial score (nSPS) is 11.9. The molecule has 6 nitrogen and oxygen atoms in total. The quantitative estimate of drug-likeness (QED) is 0.696. The SMILES string of the molecule is CN(CCc1ccc(Br)cc1)C(=O)NCCOc1ccc2c(c1)OCO2. The van der Waals surface area contributed by atoms with Crippen LogP contribution < -0.4 is 19.5 Å². The van der Waals surface area contributed by atoms with E-state index in [-0.39, 0.29) is 12.8 Å². The van der Waals surface area contributed by atoms with Gasteiger partial charge in [-0.15, -0.1) is 0 Å². The highest BCUT2D eigenvalue weighted by Crippen LogP contribution is 2.34. The van der Waals surface area contributed by atoms with E-state index in [1.165, 1.54) is 5.56 Å². The summed E-state index contributed by atoms with van der Waals surface area (Å²) in [7, 11) is 1.78. The van der Waals surface area contributed by atoms with Crippen LogP contribution >= 0.6 is 15.9 Å². The maximum atomic E-state index is 12.1. The molecule has 1 aliphatic heterocycles. The molecule has 0 aliphatic carbocycles. The number of rotatable bonds is 7. The fourth-order valence-electron chi connectivity index (χ4n) is 2.48. The minimum absolute atomic E-state index is 0.114. The first-order valence-corrected chi connectivity index (χ1v) is 9.17. The van der Waals surface area contributed by atoms with Crippen LogP contribution in [0.1, 0.15) is 5.56 Å². The third-order valence-electron chi connectivity index (χ3n) is 3.99. The molecule has 0 unspecified atom stereocenters. The molecule has 0 saturated heterocycles. The van der Waals surface area contributed by atoms with E-state index in [1.807, 2.05) is 24.3 Å². The fraction of sp³-hybridized carbons (Fsp3) is 0.316. The van der Waals surface area contributed by atoms with Crippen molar-refractivity contribution in [2.75, 3.05) is 33.5 Å². The van der Waals surface area contributed by atoms with Crippen LogP contribution in [0.5, 0.6) is 17.2 Å². The molecular weight excluding hydrogens is 400 g/mol. The third kappa shape index (κ3) is 5.05. The van der Waals surface area contributed by atoms with Crippen LogP contribution in [0.15, 0.2) is 46.9 Å². The summed E-state index contributed by atoms with van der Waals surface area (Å²) in [6.45, 7) is 1.69. The molecule has 26 heavy (non-hydrogen) atoms. The molecule has 0 bridgehead atoms. The number of hydrogen-bond acceptors (Lipinski definition) is 4. The fourth-order valence-corrected chi connectivity index (χ4v) is 2.74. The van der Waals surface area contributed by atoms with E-state index in [4.69, 9.17) is 14.2 Å². The molecule has 2 aromatic rings. The van der Waals surface area contributed by atoms with E-state index in [2.05, 4.69) is 33.4 Å². The Morgan fingerprint density at radius 2 is 1.96 bits per heavy atom. The number of nitrogens with zero attached hydrogens (tertiary/aromatic N) is 1. The van der Waals surface area contributed by atoms with Crippen molar-refractivity contribution in [1.29, 1.82) is 0 Å². The van der Waals surface area contributed by atoms with Crippen LogP contribution in [0, 0.1) is 0 Å². The number of amides is 2. The van der Waals surface area contributed by atoms with Gasteiger partial charge in [0.05, 0.1) is 6.54 Å². The van der Waals surface area contributed by atoms with Crippen molar-refractivity contribution in [2.24, 2.45) is 0 Å². The van der Waals surface area contributed by atoms with Gasteiger partial charge in [-0.2, -0.15) is 0 Å². The van der Waals surface area contributed by atoms with Crippen LogP contribution in [-0.2, 0) is 6.42 Å². The average molecular weight is 421 g/mol. The van der Waals surface area contributed by atoms with Gasteiger partial charge in [-0.3, -0.25) is 0 Å². The number of fused-ring (bicyclic) bond motifs is 1. The van der Waals surface area contributed by atoms with E-state index < -0.39 is 0 Å². The largest absolute Gasteiger partial charge is 0.492 e. The van der Waals surface area contributed by atoms with Gasteiger partial charge in [0.25, 0.3) is 0 Å². The molecule has 1 aliphatic rings. The van der Waals surface area contributed by atoms with Gasteiger partial charge < -0.3 is 24.4 Å². The summed E-state index contributed by atoms with van der Waals surface area (Å²) in [6.07, 6.45) is 0.810. The number of hydrogen-bond donors (Lipinski definition) is 1. The average Bonchev–Trinajstić information content (AvgIpc) is 3.12.